The lowest BCUT2D eigenvalue weighted by Crippen LogP contribution is -2.36. The van der Waals surface area contributed by atoms with Gasteiger partial charge in [-0.1, -0.05) is 6.07 Å². The maximum Gasteiger partial charge on any atom is 0.325 e. The summed E-state index contributed by atoms with van der Waals surface area (Å²) in [7, 11) is 0. The monoisotopic (exact) mass is 358 g/mol. The average Bonchev–Trinajstić information content (AvgIpc) is 3.20. The van der Waals surface area contributed by atoms with Crippen LogP contribution >= 0.6 is 12.2 Å². The maximum atomic E-state index is 12.1. The van der Waals surface area contributed by atoms with Crippen LogP contribution in [-0.4, -0.2) is 38.7 Å². The van der Waals surface area contributed by atoms with Gasteiger partial charge in [0.05, 0.1) is 24.4 Å². The summed E-state index contributed by atoms with van der Waals surface area (Å²) in [6.07, 6.45) is 3.80. The van der Waals surface area contributed by atoms with Crippen LogP contribution in [0.1, 0.15) is 37.3 Å². The second kappa shape index (κ2) is 7.65. The quantitative estimate of drug-likeness (QED) is 0.632. The molecular weight excluding hydrogens is 336 g/mol. The fourth-order valence-corrected chi connectivity index (χ4v) is 3.53. The molecule has 3 heterocycles. The van der Waals surface area contributed by atoms with E-state index in [-0.39, 0.29) is 24.6 Å². The van der Waals surface area contributed by atoms with Crippen LogP contribution in [0.4, 0.5) is 0 Å². The second-order valence-corrected chi connectivity index (χ2v) is 6.17. The van der Waals surface area contributed by atoms with E-state index in [0.29, 0.717) is 11.7 Å². The van der Waals surface area contributed by atoms with Crippen molar-refractivity contribution in [1.82, 2.24) is 19.8 Å². The molecule has 3 rings (SSSR count). The van der Waals surface area contributed by atoms with Crippen LogP contribution in [0.2, 0.25) is 0 Å². The largest absolute Gasteiger partial charge is 0.465 e. The predicted octanol–water partition coefficient (Wildman–Crippen LogP) is 2.44. The lowest BCUT2D eigenvalue weighted by Gasteiger charge is -2.27. The molecule has 0 bridgehead atoms. The standard InChI is InChI=1S/C18H22N4O2S/c1-3-21-11-7-9-14(21)17-16(13-8-5-6-10-19-13)20-18(25)22(17)12-15(23)24-4-2/h5-11,16-17H,3-4,12H2,1-2H3,(H,20,25). The molecule has 7 heteroatoms. The second-order valence-electron chi connectivity index (χ2n) is 5.78. The van der Waals surface area contributed by atoms with E-state index in [0.717, 1.165) is 17.9 Å². The molecule has 0 radical (unpaired) electrons. The molecule has 1 aliphatic rings. The van der Waals surface area contributed by atoms with Gasteiger partial charge >= 0.3 is 5.97 Å². The van der Waals surface area contributed by atoms with Gasteiger partial charge in [0.1, 0.15) is 6.54 Å². The molecule has 25 heavy (non-hydrogen) atoms. The first-order chi connectivity index (χ1) is 12.2. The van der Waals surface area contributed by atoms with Gasteiger partial charge in [-0.3, -0.25) is 9.78 Å². The summed E-state index contributed by atoms with van der Waals surface area (Å²) in [5, 5.41) is 3.87. The zero-order valence-corrected chi connectivity index (χ0v) is 15.2. The van der Waals surface area contributed by atoms with E-state index >= 15 is 0 Å². The van der Waals surface area contributed by atoms with Gasteiger partial charge in [-0.05, 0) is 50.3 Å². The lowest BCUT2D eigenvalue weighted by atomic mass is 10.0. The van der Waals surface area contributed by atoms with Gasteiger partial charge < -0.3 is 19.5 Å². The maximum absolute atomic E-state index is 12.1. The van der Waals surface area contributed by atoms with E-state index < -0.39 is 0 Å². The van der Waals surface area contributed by atoms with Crippen molar-refractivity contribution in [2.45, 2.75) is 32.5 Å². The molecule has 0 amide bonds. The van der Waals surface area contributed by atoms with Crippen molar-refractivity contribution in [2.75, 3.05) is 13.2 Å². The zero-order chi connectivity index (χ0) is 17.8. The zero-order valence-electron chi connectivity index (χ0n) is 14.4. The number of nitrogens with one attached hydrogen (secondary N) is 1. The van der Waals surface area contributed by atoms with Crippen LogP contribution in [0.5, 0.6) is 0 Å². The molecule has 1 aliphatic heterocycles. The number of pyridine rings is 1. The Morgan fingerprint density at radius 1 is 1.32 bits per heavy atom. The van der Waals surface area contributed by atoms with E-state index in [4.69, 9.17) is 17.0 Å². The normalized spacial score (nSPS) is 19.8. The van der Waals surface area contributed by atoms with Crippen LogP contribution in [-0.2, 0) is 16.1 Å². The van der Waals surface area contributed by atoms with Crippen LogP contribution in [0.15, 0.2) is 42.7 Å². The minimum absolute atomic E-state index is 0.114. The first kappa shape index (κ1) is 17.4. The number of aromatic nitrogens is 2. The third kappa shape index (κ3) is 3.51. The SMILES string of the molecule is CCOC(=O)CN1C(=S)NC(c2ccccn2)C1c1cccn1CC. The molecule has 132 valence electrons. The van der Waals surface area contributed by atoms with Crippen molar-refractivity contribution >= 4 is 23.3 Å². The van der Waals surface area contributed by atoms with Crippen molar-refractivity contribution < 1.29 is 9.53 Å². The number of ether oxygens (including phenoxy) is 1. The average molecular weight is 358 g/mol. The predicted molar refractivity (Wildman–Crippen MR) is 98.9 cm³/mol. The summed E-state index contributed by atoms with van der Waals surface area (Å²) < 4.78 is 7.29. The molecule has 2 unspecified atom stereocenters. The van der Waals surface area contributed by atoms with Crippen LogP contribution in [0.3, 0.4) is 0 Å². The summed E-state index contributed by atoms with van der Waals surface area (Å²) in [5.74, 6) is -0.284. The number of esters is 1. The highest BCUT2D eigenvalue weighted by molar-refractivity contribution is 7.80. The van der Waals surface area contributed by atoms with Gasteiger partial charge in [0.2, 0.25) is 0 Å². The molecule has 2 atom stereocenters. The highest BCUT2D eigenvalue weighted by atomic mass is 32.1. The van der Waals surface area contributed by atoms with Crippen LogP contribution in [0.25, 0.3) is 0 Å². The fraction of sp³-hybridized carbons (Fsp3) is 0.389. The van der Waals surface area contributed by atoms with E-state index in [1.165, 1.54) is 0 Å². The summed E-state index contributed by atoms with van der Waals surface area (Å²) in [6.45, 7) is 5.20. The Balaban J connectivity index is 1.99. The molecule has 0 aliphatic carbocycles. The molecule has 0 spiro atoms. The summed E-state index contributed by atoms with van der Waals surface area (Å²) >= 11 is 5.52. The van der Waals surface area contributed by atoms with Crippen LogP contribution in [0, 0.1) is 0 Å². The molecule has 6 nitrogen and oxygen atoms in total. The van der Waals surface area contributed by atoms with Gasteiger partial charge in [0.15, 0.2) is 5.11 Å². The molecule has 1 N–H and O–H groups in total. The Bertz CT molecular complexity index is 747. The molecule has 2 aromatic rings. The fourth-order valence-electron chi connectivity index (χ4n) is 3.23. The van der Waals surface area contributed by atoms with Gasteiger partial charge in [-0.2, -0.15) is 0 Å². The van der Waals surface area contributed by atoms with Gasteiger partial charge in [-0.15, -0.1) is 0 Å². The number of hydrogen-bond acceptors (Lipinski definition) is 4. The van der Waals surface area contributed by atoms with Crippen molar-refractivity contribution in [3.63, 3.8) is 0 Å². The van der Waals surface area contributed by atoms with E-state index in [9.17, 15) is 4.79 Å². The first-order valence-electron chi connectivity index (χ1n) is 8.44. The third-order valence-corrected chi connectivity index (χ3v) is 4.66. The van der Waals surface area contributed by atoms with Crippen molar-refractivity contribution in [1.29, 1.82) is 0 Å². The molecule has 1 saturated heterocycles. The Morgan fingerprint density at radius 3 is 2.84 bits per heavy atom. The summed E-state index contributed by atoms with van der Waals surface area (Å²) in [5.41, 5.74) is 1.99. The highest BCUT2D eigenvalue weighted by Gasteiger charge is 2.41. The number of aryl methyl sites for hydroxylation is 1. The topological polar surface area (TPSA) is 59.4 Å². The molecular formula is C18H22N4O2S. The van der Waals surface area contributed by atoms with Gasteiger partial charge in [0.25, 0.3) is 0 Å². The van der Waals surface area contributed by atoms with Gasteiger partial charge in [0, 0.05) is 24.6 Å². The molecule has 0 aromatic carbocycles. The van der Waals surface area contributed by atoms with Gasteiger partial charge in [-0.25, -0.2) is 0 Å². The summed E-state index contributed by atoms with van der Waals surface area (Å²) in [4.78, 5) is 18.5. The molecule has 0 saturated carbocycles. The van der Waals surface area contributed by atoms with Crippen molar-refractivity contribution in [3.05, 3.63) is 54.1 Å². The Morgan fingerprint density at radius 2 is 2.16 bits per heavy atom. The number of carbonyl (C=O) groups excluding carboxylic acids is 1. The Hall–Kier alpha value is -2.41. The highest BCUT2D eigenvalue weighted by Crippen LogP contribution is 2.38. The van der Waals surface area contributed by atoms with E-state index in [1.807, 2.05) is 35.4 Å². The number of thiocarbonyl (C=S) groups is 1. The minimum atomic E-state index is -0.284. The van der Waals surface area contributed by atoms with E-state index in [2.05, 4.69) is 27.9 Å². The third-order valence-electron chi connectivity index (χ3n) is 4.31. The Labute approximate surface area is 152 Å². The first-order valence-corrected chi connectivity index (χ1v) is 8.85. The summed E-state index contributed by atoms with van der Waals surface area (Å²) in [6, 6.07) is 9.65. The lowest BCUT2D eigenvalue weighted by molar-refractivity contribution is -0.143. The number of carbonyl (C=O) groups is 1. The molecule has 2 aromatic heterocycles. The molecule has 1 fully saturated rings. The minimum Gasteiger partial charge on any atom is -0.465 e. The van der Waals surface area contributed by atoms with Crippen molar-refractivity contribution in [3.8, 4) is 0 Å². The smallest absolute Gasteiger partial charge is 0.325 e. The van der Waals surface area contributed by atoms with Crippen LogP contribution < -0.4 is 5.32 Å². The van der Waals surface area contributed by atoms with Crippen molar-refractivity contribution in [2.24, 2.45) is 0 Å². The van der Waals surface area contributed by atoms with E-state index in [1.54, 1.807) is 13.1 Å². The number of hydrogen-bond donors (Lipinski definition) is 1. The Kier molecular flexibility index (Phi) is 5.33. The number of rotatable bonds is 6. The number of nitrogens with zero attached hydrogens (tertiary/aromatic N) is 3.